The maximum absolute atomic E-state index is 4.48. The number of nitrogens with zero attached hydrogens (tertiary/aromatic N) is 2. The quantitative estimate of drug-likeness (QED) is 0.880. The summed E-state index contributed by atoms with van der Waals surface area (Å²) >= 11 is 1.42. The van der Waals surface area contributed by atoms with E-state index in [4.69, 9.17) is 0 Å². The van der Waals surface area contributed by atoms with E-state index in [1.807, 2.05) is 12.1 Å². The zero-order valence-electron chi connectivity index (χ0n) is 9.53. The van der Waals surface area contributed by atoms with E-state index >= 15 is 0 Å². The smallest absolute Gasteiger partial charge is 0.202 e. The van der Waals surface area contributed by atoms with Crippen LogP contribution in [-0.4, -0.2) is 15.9 Å². The van der Waals surface area contributed by atoms with Crippen LogP contribution in [0.25, 0.3) is 11.4 Å². The highest BCUT2D eigenvalue weighted by atomic mass is 32.1. The van der Waals surface area contributed by atoms with Gasteiger partial charge in [-0.1, -0.05) is 31.2 Å². The lowest BCUT2D eigenvalue weighted by Gasteiger charge is -1.99. The highest BCUT2D eigenvalue weighted by Crippen LogP contribution is 2.23. The van der Waals surface area contributed by atoms with Gasteiger partial charge < -0.3 is 5.32 Å². The maximum atomic E-state index is 4.48. The van der Waals surface area contributed by atoms with Crippen molar-refractivity contribution < 1.29 is 0 Å². The number of rotatable bonds is 4. The Labute approximate surface area is 99.7 Å². The van der Waals surface area contributed by atoms with Crippen LogP contribution in [0.15, 0.2) is 24.3 Å². The summed E-state index contributed by atoms with van der Waals surface area (Å²) in [5.41, 5.74) is 2.32. The first-order chi connectivity index (χ1) is 7.81. The van der Waals surface area contributed by atoms with E-state index in [1.54, 1.807) is 0 Å². The molecule has 0 aliphatic rings. The van der Waals surface area contributed by atoms with Crippen molar-refractivity contribution >= 4 is 16.7 Å². The van der Waals surface area contributed by atoms with Gasteiger partial charge >= 0.3 is 0 Å². The van der Waals surface area contributed by atoms with Crippen molar-refractivity contribution in [3.8, 4) is 11.4 Å². The number of nitrogens with one attached hydrogen (secondary N) is 1. The lowest BCUT2D eigenvalue weighted by molar-refractivity contribution is 0.976. The number of benzene rings is 1. The van der Waals surface area contributed by atoms with E-state index in [2.05, 4.69) is 40.7 Å². The van der Waals surface area contributed by atoms with Gasteiger partial charge in [0.05, 0.1) is 0 Å². The molecule has 0 unspecified atom stereocenters. The summed E-state index contributed by atoms with van der Waals surface area (Å²) in [6.07, 6.45) is 1.10. The molecule has 1 aromatic heterocycles. The van der Waals surface area contributed by atoms with Gasteiger partial charge in [0.1, 0.15) is 0 Å². The molecule has 0 radical (unpaired) electrons. The Kier molecular flexibility index (Phi) is 3.51. The van der Waals surface area contributed by atoms with Crippen LogP contribution in [-0.2, 0) is 0 Å². The third-order valence-corrected chi connectivity index (χ3v) is 3.01. The highest BCUT2D eigenvalue weighted by molar-refractivity contribution is 7.09. The van der Waals surface area contributed by atoms with Crippen molar-refractivity contribution in [3.63, 3.8) is 0 Å². The second kappa shape index (κ2) is 5.07. The fourth-order valence-electron chi connectivity index (χ4n) is 1.46. The van der Waals surface area contributed by atoms with Gasteiger partial charge in [-0.15, -0.1) is 0 Å². The average Bonchev–Trinajstić information content (AvgIpc) is 2.75. The SMILES string of the molecule is CCCNc1nc(-c2ccccc2C)ns1. The molecule has 0 aliphatic carbocycles. The summed E-state index contributed by atoms with van der Waals surface area (Å²) < 4.78 is 4.37. The van der Waals surface area contributed by atoms with Crippen molar-refractivity contribution in [2.24, 2.45) is 0 Å². The van der Waals surface area contributed by atoms with Crippen LogP contribution >= 0.6 is 11.5 Å². The molecular formula is C12H15N3S. The minimum absolute atomic E-state index is 0.821. The van der Waals surface area contributed by atoms with Gasteiger partial charge in [-0.2, -0.15) is 9.36 Å². The molecule has 0 saturated heterocycles. The minimum Gasteiger partial charge on any atom is -0.360 e. The monoisotopic (exact) mass is 233 g/mol. The predicted octanol–water partition coefficient (Wildman–Crippen LogP) is 3.34. The standard InChI is InChI=1S/C12H15N3S/c1-3-8-13-12-14-11(15-16-12)10-7-5-4-6-9(10)2/h4-7H,3,8H2,1-2H3,(H,13,14,15). The van der Waals surface area contributed by atoms with Gasteiger partial charge in [0.2, 0.25) is 5.13 Å². The molecular weight excluding hydrogens is 218 g/mol. The zero-order chi connectivity index (χ0) is 11.4. The molecule has 0 spiro atoms. The molecule has 0 saturated carbocycles. The molecule has 0 aliphatic heterocycles. The lowest BCUT2D eigenvalue weighted by Crippen LogP contribution is -1.98. The zero-order valence-corrected chi connectivity index (χ0v) is 10.3. The first-order valence-corrected chi connectivity index (χ1v) is 6.22. The number of aromatic nitrogens is 2. The van der Waals surface area contributed by atoms with Crippen molar-refractivity contribution in [1.29, 1.82) is 0 Å². The first kappa shape index (κ1) is 11.1. The summed E-state index contributed by atoms with van der Waals surface area (Å²) in [7, 11) is 0. The van der Waals surface area contributed by atoms with Crippen LogP contribution in [0.4, 0.5) is 5.13 Å². The molecule has 0 amide bonds. The summed E-state index contributed by atoms with van der Waals surface area (Å²) in [5.74, 6) is 0.821. The minimum atomic E-state index is 0.821. The molecule has 1 aromatic carbocycles. The summed E-state index contributed by atoms with van der Waals surface area (Å²) in [6.45, 7) is 5.16. The van der Waals surface area contributed by atoms with Crippen LogP contribution < -0.4 is 5.32 Å². The molecule has 0 atom stereocenters. The van der Waals surface area contributed by atoms with Crippen LogP contribution in [0, 0.1) is 6.92 Å². The second-order valence-electron chi connectivity index (χ2n) is 3.66. The molecule has 0 bridgehead atoms. The van der Waals surface area contributed by atoms with E-state index in [0.717, 1.165) is 29.5 Å². The van der Waals surface area contributed by atoms with Gasteiger partial charge in [-0.25, -0.2) is 0 Å². The molecule has 2 rings (SSSR count). The molecule has 2 aromatic rings. The molecule has 1 N–H and O–H groups in total. The van der Waals surface area contributed by atoms with Crippen molar-refractivity contribution in [3.05, 3.63) is 29.8 Å². The summed E-state index contributed by atoms with van der Waals surface area (Å²) in [6, 6.07) is 8.18. The molecule has 1 heterocycles. The number of hydrogen-bond acceptors (Lipinski definition) is 4. The first-order valence-electron chi connectivity index (χ1n) is 5.45. The van der Waals surface area contributed by atoms with Crippen LogP contribution in [0.2, 0.25) is 0 Å². The van der Waals surface area contributed by atoms with Gasteiger partial charge in [0.25, 0.3) is 0 Å². The van der Waals surface area contributed by atoms with Crippen LogP contribution in [0.5, 0.6) is 0 Å². The Balaban J connectivity index is 2.22. The number of hydrogen-bond donors (Lipinski definition) is 1. The second-order valence-corrected chi connectivity index (χ2v) is 4.42. The molecule has 84 valence electrons. The topological polar surface area (TPSA) is 37.8 Å². The highest BCUT2D eigenvalue weighted by Gasteiger charge is 2.07. The summed E-state index contributed by atoms with van der Waals surface area (Å²) in [4.78, 5) is 4.48. The Morgan fingerprint density at radius 3 is 2.88 bits per heavy atom. The van der Waals surface area contributed by atoms with Gasteiger partial charge in [0.15, 0.2) is 5.82 Å². The Hall–Kier alpha value is -1.42. The van der Waals surface area contributed by atoms with E-state index < -0.39 is 0 Å². The van der Waals surface area contributed by atoms with Crippen molar-refractivity contribution in [1.82, 2.24) is 9.36 Å². The molecule has 4 heteroatoms. The molecule has 0 fully saturated rings. The molecule has 3 nitrogen and oxygen atoms in total. The lowest BCUT2D eigenvalue weighted by atomic mass is 10.1. The van der Waals surface area contributed by atoms with Crippen molar-refractivity contribution in [2.45, 2.75) is 20.3 Å². The Morgan fingerprint density at radius 1 is 1.31 bits per heavy atom. The summed E-state index contributed by atoms with van der Waals surface area (Å²) in [5, 5.41) is 4.15. The fourth-order valence-corrected chi connectivity index (χ4v) is 2.07. The maximum Gasteiger partial charge on any atom is 0.202 e. The molecule has 16 heavy (non-hydrogen) atoms. The number of aryl methyl sites for hydroxylation is 1. The van der Waals surface area contributed by atoms with Crippen LogP contribution in [0.1, 0.15) is 18.9 Å². The van der Waals surface area contributed by atoms with E-state index in [9.17, 15) is 0 Å². The average molecular weight is 233 g/mol. The normalized spacial score (nSPS) is 10.4. The van der Waals surface area contributed by atoms with Crippen molar-refractivity contribution in [2.75, 3.05) is 11.9 Å². The fraction of sp³-hybridized carbons (Fsp3) is 0.333. The van der Waals surface area contributed by atoms with E-state index in [0.29, 0.717) is 0 Å². The van der Waals surface area contributed by atoms with Gasteiger partial charge in [-0.05, 0) is 18.9 Å². The van der Waals surface area contributed by atoms with Gasteiger partial charge in [0, 0.05) is 23.6 Å². The third kappa shape index (κ3) is 2.39. The third-order valence-electron chi connectivity index (χ3n) is 2.34. The number of anilines is 1. The van der Waals surface area contributed by atoms with E-state index in [-0.39, 0.29) is 0 Å². The van der Waals surface area contributed by atoms with Gasteiger partial charge in [-0.3, -0.25) is 0 Å². The Bertz CT molecular complexity index is 465. The van der Waals surface area contributed by atoms with Crippen LogP contribution in [0.3, 0.4) is 0 Å². The van der Waals surface area contributed by atoms with E-state index in [1.165, 1.54) is 17.1 Å². The Morgan fingerprint density at radius 2 is 2.12 bits per heavy atom. The predicted molar refractivity (Wildman–Crippen MR) is 68.9 cm³/mol. The largest absolute Gasteiger partial charge is 0.360 e.